The summed E-state index contributed by atoms with van der Waals surface area (Å²) in [6, 6.07) is 10.9. The highest BCUT2D eigenvalue weighted by atomic mass is 15.1. The first-order valence-electron chi connectivity index (χ1n) is 13.5. The van der Waals surface area contributed by atoms with Crippen LogP contribution in [0.3, 0.4) is 0 Å². The molecular formula is C29H49N2+. The number of benzene rings is 1. The van der Waals surface area contributed by atoms with Gasteiger partial charge in [-0.2, -0.15) is 0 Å². The first-order chi connectivity index (χ1) is 15.3. The molecule has 0 radical (unpaired) electrons. The summed E-state index contributed by atoms with van der Waals surface area (Å²) < 4.78 is 5.05. The number of aryl methyl sites for hydroxylation is 1. The van der Waals surface area contributed by atoms with Crippen molar-refractivity contribution in [2.45, 2.75) is 130 Å². The first-order valence-corrected chi connectivity index (χ1v) is 13.5. The molecule has 0 spiro atoms. The van der Waals surface area contributed by atoms with Gasteiger partial charge in [-0.1, -0.05) is 121 Å². The number of unbranched alkanes of at least 4 members (excludes halogenated alkanes) is 13. The van der Waals surface area contributed by atoms with Gasteiger partial charge in [0, 0.05) is 6.42 Å². The Balaban J connectivity index is 1.80. The Bertz CT molecular complexity index is 659. The van der Waals surface area contributed by atoms with E-state index in [0.717, 1.165) is 6.54 Å². The van der Waals surface area contributed by atoms with Crippen molar-refractivity contribution in [3.63, 3.8) is 0 Å². The Morgan fingerprint density at radius 2 is 1.19 bits per heavy atom. The molecule has 0 aliphatic heterocycles. The van der Waals surface area contributed by atoms with Crippen LogP contribution in [0.5, 0.6) is 0 Å². The van der Waals surface area contributed by atoms with Gasteiger partial charge in [-0.3, -0.25) is 0 Å². The molecule has 0 bridgehead atoms. The maximum atomic E-state index is 2.55. The maximum absolute atomic E-state index is 2.55. The molecule has 0 unspecified atom stereocenters. The lowest BCUT2D eigenvalue weighted by Gasteiger charge is -2.07. The normalized spacial score (nSPS) is 11.3. The van der Waals surface area contributed by atoms with Crippen molar-refractivity contribution in [3.8, 4) is 0 Å². The molecule has 1 heterocycles. The second kappa shape index (κ2) is 17.0. The third-order valence-corrected chi connectivity index (χ3v) is 6.54. The molecule has 1 aromatic carbocycles. The lowest BCUT2D eigenvalue weighted by atomic mass is 10.1. The summed E-state index contributed by atoms with van der Waals surface area (Å²) in [6.07, 6.45) is 26.7. The van der Waals surface area contributed by atoms with Gasteiger partial charge in [0.15, 0.2) is 0 Å². The van der Waals surface area contributed by atoms with Gasteiger partial charge >= 0.3 is 0 Å². The molecule has 0 amide bonds. The van der Waals surface area contributed by atoms with E-state index >= 15 is 0 Å². The van der Waals surface area contributed by atoms with E-state index in [1.807, 2.05) is 0 Å². The summed E-state index contributed by atoms with van der Waals surface area (Å²) in [7, 11) is 0. The minimum absolute atomic E-state index is 0.997. The van der Waals surface area contributed by atoms with E-state index in [1.54, 1.807) is 0 Å². The molecule has 0 N–H and O–H groups in total. The minimum atomic E-state index is 0.997. The van der Waals surface area contributed by atoms with Gasteiger partial charge in [-0.25, -0.2) is 9.13 Å². The first kappa shape index (κ1) is 25.7. The molecule has 0 atom stereocenters. The molecule has 2 heteroatoms. The summed E-state index contributed by atoms with van der Waals surface area (Å²) in [5.74, 6) is 1.53. The van der Waals surface area contributed by atoms with Crippen LogP contribution in [0.4, 0.5) is 0 Å². The van der Waals surface area contributed by atoms with E-state index in [2.05, 4.69) is 65.7 Å². The summed E-state index contributed by atoms with van der Waals surface area (Å²) in [5.41, 5.74) is 1.40. The fraction of sp³-hybridized carbons (Fsp3) is 0.690. The number of imidazole rings is 1. The fourth-order valence-electron chi connectivity index (χ4n) is 4.57. The second-order valence-electron chi connectivity index (χ2n) is 9.37. The third-order valence-electron chi connectivity index (χ3n) is 6.54. The monoisotopic (exact) mass is 425 g/mol. The van der Waals surface area contributed by atoms with Crippen molar-refractivity contribution in [2.75, 3.05) is 0 Å². The van der Waals surface area contributed by atoms with Crippen LogP contribution in [0, 0.1) is 0 Å². The SMILES string of the molecule is CCCCCCCCCCCn1cc[n+](Cc2ccccc2)c1CCCCCCCC. The van der Waals surface area contributed by atoms with Crippen LogP contribution in [-0.2, 0) is 19.5 Å². The zero-order valence-electron chi connectivity index (χ0n) is 20.7. The number of rotatable bonds is 19. The van der Waals surface area contributed by atoms with Gasteiger partial charge < -0.3 is 0 Å². The van der Waals surface area contributed by atoms with Crippen molar-refractivity contribution in [1.82, 2.24) is 4.57 Å². The third kappa shape index (κ3) is 11.0. The lowest BCUT2D eigenvalue weighted by molar-refractivity contribution is -0.695. The van der Waals surface area contributed by atoms with Crippen LogP contribution >= 0.6 is 0 Å². The summed E-state index contributed by atoms with van der Waals surface area (Å²) in [6.45, 7) is 6.77. The predicted molar refractivity (Wildman–Crippen MR) is 134 cm³/mol. The maximum Gasteiger partial charge on any atom is 0.256 e. The van der Waals surface area contributed by atoms with E-state index < -0.39 is 0 Å². The highest BCUT2D eigenvalue weighted by Crippen LogP contribution is 2.13. The summed E-state index contributed by atoms with van der Waals surface area (Å²) >= 11 is 0. The zero-order valence-corrected chi connectivity index (χ0v) is 20.7. The van der Waals surface area contributed by atoms with Crippen LogP contribution in [0.15, 0.2) is 42.7 Å². The fourth-order valence-corrected chi connectivity index (χ4v) is 4.57. The standard InChI is InChI=1S/C29H49N2/c1-3-5-7-9-11-12-13-15-20-24-30-25-26-31(27-28-21-17-16-18-22-28)29(30)23-19-14-10-8-6-4-2/h16-18,21-22,25-26H,3-15,19-20,23-24,27H2,1-2H3/q+1. The summed E-state index contributed by atoms with van der Waals surface area (Å²) in [4.78, 5) is 0. The number of aromatic nitrogens is 2. The average Bonchev–Trinajstić information content (AvgIpc) is 3.17. The highest BCUT2D eigenvalue weighted by molar-refractivity contribution is 5.13. The lowest BCUT2D eigenvalue weighted by Crippen LogP contribution is -2.37. The number of nitrogens with zero attached hydrogens (tertiary/aromatic N) is 2. The molecule has 174 valence electrons. The van der Waals surface area contributed by atoms with Crippen molar-refractivity contribution < 1.29 is 4.57 Å². The average molecular weight is 426 g/mol. The quantitative estimate of drug-likeness (QED) is 0.158. The molecule has 0 aliphatic rings. The van der Waals surface area contributed by atoms with Gasteiger partial charge in [0.25, 0.3) is 5.82 Å². The van der Waals surface area contributed by atoms with Gasteiger partial charge in [-0.05, 0) is 24.8 Å². The van der Waals surface area contributed by atoms with E-state index in [1.165, 1.54) is 121 Å². The molecule has 0 fully saturated rings. The van der Waals surface area contributed by atoms with Crippen LogP contribution in [0.2, 0.25) is 0 Å². The Kier molecular flexibility index (Phi) is 14.1. The molecular weight excluding hydrogens is 376 g/mol. The molecule has 2 nitrogen and oxygen atoms in total. The summed E-state index contributed by atoms with van der Waals surface area (Å²) in [5, 5.41) is 0. The predicted octanol–water partition coefficient (Wildman–Crippen LogP) is 8.26. The highest BCUT2D eigenvalue weighted by Gasteiger charge is 2.17. The van der Waals surface area contributed by atoms with Gasteiger partial charge in [0.2, 0.25) is 0 Å². The minimum Gasteiger partial charge on any atom is -0.234 e. The Labute approximate surface area is 193 Å². The molecule has 2 aromatic rings. The van der Waals surface area contributed by atoms with Crippen LogP contribution < -0.4 is 4.57 Å². The molecule has 0 saturated heterocycles. The molecule has 2 rings (SSSR count). The largest absolute Gasteiger partial charge is 0.256 e. The van der Waals surface area contributed by atoms with Crippen LogP contribution in [0.25, 0.3) is 0 Å². The Hall–Kier alpha value is -1.57. The van der Waals surface area contributed by atoms with Gasteiger partial charge in [-0.15, -0.1) is 0 Å². The molecule has 31 heavy (non-hydrogen) atoms. The van der Waals surface area contributed by atoms with Crippen LogP contribution in [0.1, 0.15) is 122 Å². The van der Waals surface area contributed by atoms with E-state index in [0.29, 0.717) is 0 Å². The smallest absolute Gasteiger partial charge is 0.234 e. The van der Waals surface area contributed by atoms with Crippen molar-refractivity contribution in [3.05, 3.63) is 54.1 Å². The van der Waals surface area contributed by atoms with E-state index in [9.17, 15) is 0 Å². The Morgan fingerprint density at radius 3 is 1.81 bits per heavy atom. The second-order valence-corrected chi connectivity index (χ2v) is 9.37. The molecule has 1 aromatic heterocycles. The Morgan fingerprint density at radius 1 is 0.645 bits per heavy atom. The molecule has 0 aliphatic carbocycles. The van der Waals surface area contributed by atoms with Gasteiger partial charge in [0.05, 0.1) is 6.54 Å². The van der Waals surface area contributed by atoms with Crippen molar-refractivity contribution in [1.29, 1.82) is 0 Å². The molecule has 0 saturated carbocycles. The topological polar surface area (TPSA) is 8.81 Å². The number of hydrogen-bond acceptors (Lipinski definition) is 0. The van der Waals surface area contributed by atoms with Crippen molar-refractivity contribution in [2.24, 2.45) is 0 Å². The van der Waals surface area contributed by atoms with E-state index in [-0.39, 0.29) is 0 Å². The van der Waals surface area contributed by atoms with Crippen LogP contribution in [-0.4, -0.2) is 4.57 Å². The van der Waals surface area contributed by atoms with Crippen molar-refractivity contribution >= 4 is 0 Å². The number of hydrogen-bond donors (Lipinski definition) is 0. The zero-order chi connectivity index (χ0) is 22.0. The van der Waals surface area contributed by atoms with Gasteiger partial charge in [0.1, 0.15) is 18.9 Å². The van der Waals surface area contributed by atoms with E-state index in [4.69, 9.17) is 0 Å².